The van der Waals surface area contributed by atoms with Gasteiger partial charge in [-0.2, -0.15) is 0 Å². The Bertz CT molecular complexity index is 226. The first-order valence-corrected chi connectivity index (χ1v) is 13.3. The summed E-state index contributed by atoms with van der Waals surface area (Å²) in [5.41, 5.74) is 0. The van der Waals surface area contributed by atoms with Gasteiger partial charge < -0.3 is 0 Å². The van der Waals surface area contributed by atoms with Crippen LogP contribution < -0.4 is 0 Å². The summed E-state index contributed by atoms with van der Waals surface area (Å²) in [6.45, 7) is 28.6. The molecule has 2 radical (unpaired) electrons. The predicted molar refractivity (Wildman–Crippen MR) is 91.5 cm³/mol. The van der Waals surface area contributed by atoms with E-state index in [1.165, 1.54) is 0 Å². The minimum absolute atomic E-state index is 0.354. The van der Waals surface area contributed by atoms with Crippen molar-refractivity contribution in [1.29, 1.82) is 0 Å². The second-order valence-corrected chi connectivity index (χ2v) is 27.8. The molecule has 0 saturated heterocycles. The van der Waals surface area contributed by atoms with Gasteiger partial charge in [0.2, 0.25) is 0 Å². The molecule has 0 aliphatic heterocycles. The van der Waals surface area contributed by atoms with Gasteiger partial charge in [-0.1, -0.05) is 0 Å². The summed E-state index contributed by atoms with van der Waals surface area (Å²) >= 11 is -3.23. The van der Waals surface area contributed by atoms with E-state index in [1.54, 1.807) is 0 Å². The molecule has 0 aromatic rings. The molecule has 0 aliphatic rings. The first-order chi connectivity index (χ1) is 7.97. The fraction of sp³-hybridized carbons (Fsp3) is 1.00. The SMILES string of the molecule is C[C](C)(C)[Ge]([O][Ge]([C](C)(C)C)[C](C)(C)C)[C](C)(C)C. The van der Waals surface area contributed by atoms with Crippen molar-refractivity contribution in [1.82, 2.24) is 0 Å². The molecule has 0 rings (SSSR count). The Morgan fingerprint density at radius 3 is 0.684 bits per heavy atom. The van der Waals surface area contributed by atoms with Crippen molar-refractivity contribution in [3.63, 3.8) is 0 Å². The second kappa shape index (κ2) is 6.04. The summed E-state index contributed by atoms with van der Waals surface area (Å²) in [5, 5.41) is 0. The maximum absolute atomic E-state index is 7.04. The Labute approximate surface area is 132 Å². The monoisotopic (exact) mass is 392 g/mol. The summed E-state index contributed by atoms with van der Waals surface area (Å²) in [4.78, 5) is 0. The molecule has 0 heterocycles. The molecule has 0 bridgehead atoms. The summed E-state index contributed by atoms with van der Waals surface area (Å²) in [7, 11) is 0. The molecule has 0 saturated carbocycles. The Morgan fingerprint density at radius 1 is 0.421 bits per heavy atom. The predicted octanol–water partition coefficient (Wildman–Crippen LogP) is 6.19. The van der Waals surface area contributed by atoms with Crippen molar-refractivity contribution < 1.29 is 2.79 Å². The van der Waals surface area contributed by atoms with E-state index in [1.807, 2.05) is 0 Å². The van der Waals surface area contributed by atoms with Crippen molar-refractivity contribution in [2.24, 2.45) is 0 Å². The van der Waals surface area contributed by atoms with Crippen LogP contribution in [0.4, 0.5) is 0 Å². The van der Waals surface area contributed by atoms with E-state index in [4.69, 9.17) is 2.79 Å². The van der Waals surface area contributed by atoms with Gasteiger partial charge in [-0.05, 0) is 0 Å². The standard InChI is InChI=1S/C16H36Ge2O/c1-13(2,3)17(14(4,5)6)19-18(15(7,8)9)16(10,11)12/h1-12H3. The maximum atomic E-state index is 7.04. The zero-order chi connectivity index (χ0) is 15.9. The zero-order valence-corrected chi connectivity index (χ0v) is 19.6. The van der Waals surface area contributed by atoms with Crippen molar-refractivity contribution in [2.45, 2.75) is 100 Å². The molecule has 0 atom stereocenters. The fourth-order valence-corrected chi connectivity index (χ4v) is 31.0. The second-order valence-electron chi connectivity index (χ2n) is 9.76. The first-order valence-electron chi connectivity index (χ1n) is 7.41. The van der Waals surface area contributed by atoms with E-state index in [2.05, 4.69) is 83.1 Å². The van der Waals surface area contributed by atoms with Gasteiger partial charge in [0.05, 0.1) is 0 Å². The normalized spacial score (nSPS) is 15.5. The molecule has 0 spiro atoms. The molecule has 1 nitrogen and oxygen atoms in total. The van der Waals surface area contributed by atoms with Crippen LogP contribution in [0.3, 0.4) is 0 Å². The number of hydrogen-bond donors (Lipinski definition) is 0. The first kappa shape index (κ1) is 20.0. The molecule has 0 fully saturated rings. The fourth-order valence-electron chi connectivity index (χ4n) is 2.96. The van der Waals surface area contributed by atoms with Gasteiger partial charge in [-0.3, -0.25) is 0 Å². The van der Waals surface area contributed by atoms with Crippen LogP contribution >= 0.6 is 0 Å². The van der Waals surface area contributed by atoms with Crippen LogP contribution in [-0.2, 0) is 2.79 Å². The minimum atomic E-state index is -1.62. The van der Waals surface area contributed by atoms with Crippen LogP contribution in [0.15, 0.2) is 0 Å². The van der Waals surface area contributed by atoms with E-state index in [9.17, 15) is 0 Å². The van der Waals surface area contributed by atoms with Gasteiger partial charge in [-0.25, -0.2) is 0 Å². The third-order valence-electron chi connectivity index (χ3n) is 2.93. The number of rotatable bonds is 2. The molecular weight excluding hydrogens is 353 g/mol. The van der Waals surface area contributed by atoms with E-state index < -0.39 is 29.4 Å². The summed E-state index contributed by atoms with van der Waals surface area (Å²) in [6.07, 6.45) is 0. The van der Waals surface area contributed by atoms with Crippen LogP contribution in [0.2, 0.25) is 17.0 Å². The van der Waals surface area contributed by atoms with Gasteiger partial charge in [0.15, 0.2) is 0 Å². The molecule has 19 heavy (non-hydrogen) atoms. The molecule has 0 aromatic heterocycles. The van der Waals surface area contributed by atoms with Crippen LogP contribution in [-0.4, -0.2) is 29.4 Å². The molecule has 0 amide bonds. The Hall–Kier alpha value is 1.05. The Balaban J connectivity index is 5.43. The quantitative estimate of drug-likeness (QED) is 0.512. The zero-order valence-electron chi connectivity index (χ0n) is 15.4. The van der Waals surface area contributed by atoms with Gasteiger partial charge >= 0.3 is 132 Å². The summed E-state index contributed by atoms with van der Waals surface area (Å²) in [6, 6.07) is 0. The van der Waals surface area contributed by atoms with Gasteiger partial charge in [0, 0.05) is 0 Å². The number of hydrogen-bond acceptors (Lipinski definition) is 1. The van der Waals surface area contributed by atoms with Crippen LogP contribution in [0.25, 0.3) is 0 Å². The van der Waals surface area contributed by atoms with Gasteiger partial charge in [0.25, 0.3) is 0 Å². The molecule has 0 N–H and O–H groups in total. The van der Waals surface area contributed by atoms with Crippen molar-refractivity contribution in [2.75, 3.05) is 0 Å². The van der Waals surface area contributed by atoms with Gasteiger partial charge in [0.1, 0.15) is 0 Å². The van der Waals surface area contributed by atoms with E-state index in [0.29, 0.717) is 17.0 Å². The van der Waals surface area contributed by atoms with E-state index in [-0.39, 0.29) is 0 Å². The van der Waals surface area contributed by atoms with E-state index in [0.717, 1.165) is 0 Å². The average molecular weight is 390 g/mol. The van der Waals surface area contributed by atoms with Crippen LogP contribution in [0, 0.1) is 0 Å². The van der Waals surface area contributed by atoms with Crippen LogP contribution in [0.5, 0.6) is 0 Å². The third-order valence-corrected chi connectivity index (χ3v) is 19.7. The molecule has 3 heteroatoms. The molecular formula is C16H36Ge2O. The van der Waals surface area contributed by atoms with Crippen molar-refractivity contribution >= 4 is 29.4 Å². The van der Waals surface area contributed by atoms with E-state index >= 15 is 0 Å². The van der Waals surface area contributed by atoms with Crippen molar-refractivity contribution in [3.05, 3.63) is 0 Å². The van der Waals surface area contributed by atoms with Crippen LogP contribution in [0.1, 0.15) is 83.1 Å². The summed E-state index contributed by atoms with van der Waals surface area (Å²) in [5.74, 6) is 0. The Kier molecular flexibility index (Phi) is 6.37. The van der Waals surface area contributed by atoms with Crippen molar-refractivity contribution in [3.8, 4) is 0 Å². The molecule has 0 aliphatic carbocycles. The third kappa shape index (κ3) is 6.56. The van der Waals surface area contributed by atoms with Gasteiger partial charge in [-0.15, -0.1) is 0 Å². The molecule has 0 aromatic carbocycles. The molecule has 0 unspecified atom stereocenters. The Morgan fingerprint density at radius 2 is 0.579 bits per heavy atom. The molecule has 114 valence electrons. The average Bonchev–Trinajstić information content (AvgIpc) is 1.91. The topological polar surface area (TPSA) is 9.23 Å². The summed E-state index contributed by atoms with van der Waals surface area (Å²) < 4.78 is 8.46.